The van der Waals surface area contributed by atoms with Crippen LogP contribution in [0.25, 0.3) is 87.4 Å². The standard InChI is InChI=1S/C39H23N3OS/c1-3-9-24(10-4-1)26-15-18-29-30-19-16-27(22-34(30)43-33(29)21-26)38-40-37(25-11-5-2-6-12-25)41-39(42-38)28-17-20-32-31-13-7-8-14-35(31)44-36(32)23-28/h1-23H. The molecule has 6 aromatic carbocycles. The van der Waals surface area contributed by atoms with Crippen LogP contribution in [0.4, 0.5) is 0 Å². The van der Waals surface area contributed by atoms with Crippen LogP contribution in [-0.2, 0) is 0 Å². The number of benzene rings is 6. The highest BCUT2D eigenvalue weighted by Crippen LogP contribution is 2.37. The van der Waals surface area contributed by atoms with E-state index < -0.39 is 0 Å². The molecule has 0 N–H and O–H groups in total. The molecule has 206 valence electrons. The van der Waals surface area contributed by atoms with Crippen LogP contribution >= 0.6 is 11.3 Å². The third kappa shape index (κ3) is 4.17. The predicted octanol–water partition coefficient (Wildman–Crippen LogP) is 10.8. The van der Waals surface area contributed by atoms with Crippen LogP contribution in [0.5, 0.6) is 0 Å². The van der Waals surface area contributed by atoms with Crippen molar-refractivity contribution in [1.29, 1.82) is 0 Å². The van der Waals surface area contributed by atoms with E-state index in [9.17, 15) is 0 Å². The zero-order valence-corrected chi connectivity index (χ0v) is 24.3. The Balaban J connectivity index is 1.19. The lowest BCUT2D eigenvalue weighted by molar-refractivity contribution is 0.669. The number of rotatable bonds is 4. The summed E-state index contributed by atoms with van der Waals surface area (Å²) < 4.78 is 8.90. The number of hydrogen-bond donors (Lipinski definition) is 0. The molecule has 0 spiro atoms. The van der Waals surface area contributed by atoms with Gasteiger partial charge in [0.25, 0.3) is 0 Å². The minimum atomic E-state index is 0.609. The SMILES string of the molecule is c1ccc(-c2ccc3c(c2)oc2cc(-c4nc(-c5ccccc5)nc(-c5ccc6c(c5)sc5ccccc56)n4)ccc23)cc1. The molecule has 5 heteroatoms. The lowest BCUT2D eigenvalue weighted by atomic mass is 10.0. The van der Waals surface area contributed by atoms with Gasteiger partial charge in [-0.15, -0.1) is 11.3 Å². The molecule has 0 aliphatic rings. The van der Waals surface area contributed by atoms with Crippen LogP contribution in [-0.4, -0.2) is 15.0 Å². The van der Waals surface area contributed by atoms with Crippen LogP contribution < -0.4 is 0 Å². The molecule has 9 aromatic rings. The van der Waals surface area contributed by atoms with E-state index in [1.165, 1.54) is 20.2 Å². The van der Waals surface area contributed by atoms with Gasteiger partial charge in [0.1, 0.15) is 11.2 Å². The van der Waals surface area contributed by atoms with Crippen molar-refractivity contribution in [1.82, 2.24) is 15.0 Å². The lowest BCUT2D eigenvalue weighted by Crippen LogP contribution is -2.00. The Bertz CT molecular complexity index is 2500. The van der Waals surface area contributed by atoms with Crippen molar-refractivity contribution in [2.75, 3.05) is 0 Å². The number of thiophene rings is 1. The van der Waals surface area contributed by atoms with Crippen LogP contribution in [0.1, 0.15) is 0 Å². The molecular formula is C39H23N3OS. The molecule has 3 aromatic heterocycles. The molecule has 4 nitrogen and oxygen atoms in total. The third-order valence-electron chi connectivity index (χ3n) is 8.14. The fourth-order valence-electron chi connectivity index (χ4n) is 5.94. The minimum Gasteiger partial charge on any atom is -0.456 e. The topological polar surface area (TPSA) is 51.8 Å². The molecule has 0 aliphatic carbocycles. The molecule has 3 heterocycles. The monoisotopic (exact) mass is 581 g/mol. The van der Waals surface area contributed by atoms with E-state index in [1.54, 1.807) is 11.3 Å². The van der Waals surface area contributed by atoms with Gasteiger partial charge in [0.05, 0.1) is 0 Å². The minimum absolute atomic E-state index is 0.609. The molecule has 0 fully saturated rings. The molecule has 0 atom stereocenters. The number of furan rings is 1. The summed E-state index contributed by atoms with van der Waals surface area (Å²) in [5, 5.41) is 4.67. The van der Waals surface area contributed by atoms with Gasteiger partial charge < -0.3 is 4.42 Å². The summed E-state index contributed by atoms with van der Waals surface area (Å²) in [4.78, 5) is 14.9. The van der Waals surface area contributed by atoms with Gasteiger partial charge >= 0.3 is 0 Å². The van der Waals surface area contributed by atoms with Crippen molar-refractivity contribution in [3.8, 4) is 45.3 Å². The summed E-state index contributed by atoms with van der Waals surface area (Å²) in [7, 11) is 0. The molecule has 9 rings (SSSR count). The maximum Gasteiger partial charge on any atom is 0.164 e. The van der Waals surface area contributed by atoms with E-state index in [0.29, 0.717) is 17.5 Å². The van der Waals surface area contributed by atoms with Gasteiger partial charge in [0.2, 0.25) is 0 Å². The number of nitrogens with zero attached hydrogens (tertiary/aromatic N) is 3. The first-order chi connectivity index (χ1) is 21.8. The number of aromatic nitrogens is 3. The molecule has 0 unspecified atom stereocenters. The molecule has 0 radical (unpaired) electrons. The highest BCUT2D eigenvalue weighted by Gasteiger charge is 2.16. The first-order valence-electron chi connectivity index (χ1n) is 14.5. The van der Waals surface area contributed by atoms with Crippen LogP contribution in [0.2, 0.25) is 0 Å². The van der Waals surface area contributed by atoms with E-state index in [2.05, 4.69) is 97.1 Å². The van der Waals surface area contributed by atoms with E-state index in [4.69, 9.17) is 19.4 Å². The quantitative estimate of drug-likeness (QED) is 0.207. The summed E-state index contributed by atoms with van der Waals surface area (Å²) >= 11 is 1.79. The molecule has 0 saturated carbocycles. The molecule has 0 saturated heterocycles. The summed E-state index contributed by atoms with van der Waals surface area (Å²) in [5.74, 6) is 1.89. The van der Waals surface area contributed by atoms with Crippen LogP contribution in [0.3, 0.4) is 0 Å². The smallest absolute Gasteiger partial charge is 0.164 e. The Morgan fingerprint density at radius 2 is 0.864 bits per heavy atom. The Hall–Kier alpha value is -5.65. The van der Waals surface area contributed by atoms with Crippen molar-refractivity contribution in [2.24, 2.45) is 0 Å². The summed E-state index contributed by atoms with van der Waals surface area (Å²) in [6.07, 6.45) is 0. The molecule has 44 heavy (non-hydrogen) atoms. The van der Waals surface area contributed by atoms with Gasteiger partial charge in [0, 0.05) is 47.6 Å². The van der Waals surface area contributed by atoms with Gasteiger partial charge in [-0.2, -0.15) is 0 Å². The van der Waals surface area contributed by atoms with Crippen molar-refractivity contribution in [3.05, 3.63) is 140 Å². The Labute approximate surface area is 256 Å². The normalized spacial score (nSPS) is 11.6. The second-order valence-electron chi connectivity index (χ2n) is 10.9. The zero-order valence-electron chi connectivity index (χ0n) is 23.4. The fourth-order valence-corrected chi connectivity index (χ4v) is 7.09. The number of fused-ring (bicyclic) bond motifs is 6. The summed E-state index contributed by atoms with van der Waals surface area (Å²) in [5.41, 5.74) is 6.73. The largest absolute Gasteiger partial charge is 0.456 e. The Morgan fingerprint density at radius 1 is 0.364 bits per heavy atom. The highest BCUT2D eigenvalue weighted by atomic mass is 32.1. The molecule has 0 amide bonds. The van der Waals surface area contributed by atoms with E-state index in [1.807, 2.05) is 42.5 Å². The highest BCUT2D eigenvalue weighted by molar-refractivity contribution is 7.25. The van der Waals surface area contributed by atoms with Crippen LogP contribution in [0, 0.1) is 0 Å². The van der Waals surface area contributed by atoms with Crippen molar-refractivity contribution < 1.29 is 4.42 Å². The number of hydrogen-bond acceptors (Lipinski definition) is 5. The third-order valence-corrected chi connectivity index (χ3v) is 9.28. The van der Waals surface area contributed by atoms with Gasteiger partial charge in [-0.05, 0) is 47.5 Å². The molecular weight excluding hydrogens is 559 g/mol. The van der Waals surface area contributed by atoms with E-state index in [-0.39, 0.29) is 0 Å². The van der Waals surface area contributed by atoms with Crippen molar-refractivity contribution in [3.63, 3.8) is 0 Å². The molecule has 0 bridgehead atoms. The summed E-state index contributed by atoms with van der Waals surface area (Å²) in [6.45, 7) is 0. The Kier molecular flexibility index (Phi) is 5.64. The van der Waals surface area contributed by atoms with Crippen molar-refractivity contribution in [2.45, 2.75) is 0 Å². The summed E-state index contributed by atoms with van der Waals surface area (Å²) in [6, 6.07) is 48.1. The average Bonchev–Trinajstić information content (AvgIpc) is 3.65. The second-order valence-corrected chi connectivity index (χ2v) is 12.0. The fraction of sp³-hybridized carbons (Fsp3) is 0. The van der Waals surface area contributed by atoms with Gasteiger partial charge in [0.15, 0.2) is 17.5 Å². The van der Waals surface area contributed by atoms with Gasteiger partial charge in [-0.3, -0.25) is 0 Å². The Morgan fingerprint density at radius 3 is 1.57 bits per heavy atom. The van der Waals surface area contributed by atoms with Crippen LogP contribution in [0.15, 0.2) is 144 Å². The van der Waals surface area contributed by atoms with E-state index in [0.717, 1.165) is 49.8 Å². The maximum atomic E-state index is 6.41. The first kappa shape index (κ1) is 24.9. The van der Waals surface area contributed by atoms with Gasteiger partial charge in [-0.25, -0.2) is 15.0 Å². The zero-order chi connectivity index (χ0) is 29.0. The van der Waals surface area contributed by atoms with Crippen molar-refractivity contribution >= 4 is 53.4 Å². The second kappa shape index (κ2) is 9.97. The predicted molar refractivity (Wildman–Crippen MR) is 182 cm³/mol. The maximum absolute atomic E-state index is 6.41. The first-order valence-corrected chi connectivity index (χ1v) is 15.3. The lowest BCUT2D eigenvalue weighted by Gasteiger charge is -2.08. The molecule has 0 aliphatic heterocycles. The van der Waals surface area contributed by atoms with Gasteiger partial charge in [-0.1, -0.05) is 103 Å². The van der Waals surface area contributed by atoms with E-state index >= 15 is 0 Å². The average molecular weight is 582 g/mol.